The molecule has 1 aliphatic carbocycles. The summed E-state index contributed by atoms with van der Waals surface area (Å²) in [4.78, 5) is 2.38. The number of sulfonamides is 1. The van der Waals surface area contributed by atoms with E-state index in [4.69, 9.17) is 4.74 Å². The van der Waals surface area contributed by atoms with Crippen LogP contribution in [0, 0.1) is 0 Å². The van der Waals surface area contributed by atoms with Gasteiger partial charge in [0.2, 0.25) is 10.0 Å². The van der Waals surface area contributed by atoms with Crippen molar-refractivity contribution in [1.82, 2.24) is 9.21 Å². The maximum Gasteiger partial charge on any atom is 0.416 e. The number of rotatable bonds is 11. The van der Waals surface area contributed by atoms with Gasteiger partial charge in [-0.15, -0.1) is 0 Å². The molecule has 2 fully saturated rings. The van der Waals surface area contributed by atoms with E-state index in [0.29, 0.717) is 12.8 Å². The van der Waals surface area contributed by atoms with Gasteiger partial charge in [0.05, 0.1) is 16.6 Å². The standard InChI is InChI=1S/C23H35F3N2O3S/c1-27(32(29,30)22-13-7-19(8-14-22)23(24,25)26)20-9-11-21(12-10-20)31-18-5-3-2-4-15-28-16-6-17-28/h7-8,13-14,20-21H,2-6,9-12,15-18H2,1H3/t20-,21-. The first-order valence-electron chi connectivity index (χ1n) is 11.7. The van der Waals surface area contributed by atoms with Crippen molar-refractivity contribution >= 4 is 10.0 Å². The zero-order chi connectivity index (χ0) is 23.2. The van der Waals surface area contributed by atoms with Gasteiger partial charge in [0.1, 0.15) is 0 Å². The predicted octanol–water partition coefficient (Wildman–Crippen LogP) is 4.92. The van der Waals surface area contributed by atoms with Crippen LogP contribution in [-0.4, -0.2) is 63.1 Å². The lowest BCUT2D eigenvalue weighted by atomic mass is 9.93. The van der Waals surface area contributed by atoms with E-state index in [1.165, 1.54) is 56.7 Å². The van der Waals surface area contributed by atoms with Gasteiger partial charge in [-0.05, 0) is 88.8 Å². The van der Waals surface area contributed by atoms with Gasteiger partial charge in [0.15, 0.2) is 0 Å². The Kier molecular flexibility index (Phi) is 9.00. The monoisotopic (exact) mass is 476 g/mol. The summed E-state index contributed by atoms with van der Waals surface area (Å²) in [5, 5.41) is 0. The highest BCUT2D eigenvalue weighted by molar-refractivity contribution is 7.89. The van der Waals surface area contributed by atoms with E-state index in [2.05, 4.69) is 4.90 Å². The molecule has 1 saturated carbocycles. The number of nitrogens with zero attached hydrogens (tertiary/aromatic N) is 2. The summed E-state index contributed by atoms with van der Waals surface area (Å²) in [7, 11) is -2.32. The van der Waals surface area contributed by atoms with Crippen LogP contribution >= 0.6 is 0 Å². The topological polar surface area (TPSA) is 49.9 Å². The van der Waals surface area contributed by atoms with Crippen molar-refractivity contribution in [3.05, 3.63) is 29.8 Å². The van der Waals surface area contributed by atoms with Gasteiger partial charge in [-0.2, -0.15) is 17.5 Å². The zero-order valence-corrected chi connectivity index (χ0v) is 19.6. The van der Waals surface area contributed by atoms with Gasteiger partial charge >= 0.3 is 6.18 Å². The fraction of sp³-hybridized carbons (Fsp3) is 0.739. The molecule has 0 atom stereocenters. The molecule has 0 bridgehead atoms. The minimum atomic E-state index is -4.49. The lowest BCUT2D eigenvalue weighted by Crippen LogP contribution is -2.40. The van der Waals surface area contributed by atoms with Gasteiger partial charge in [0.25, 0.3) is 0 Å². The Balaban J connectivity index is 1.36. The minimum absolute atomic E-state index is 0.111. The summed E-state index contributed by atoms with van der Waals surface area (Å²) in [6.07, 6.45) is 4.72. The van der Waals surface area contributed by atoms with Crippen LogP contribution in [0.1, 0.15) is 63.4 Å². The molecule has 0 unspecified atom stereocenters. The predicted molar refractivity (Wildman–Crippen MR) is 118 cm³/mol. The average Bonchev–Trinajstić information content (AvgIpc) is 2.73. The molecule has 182 valence electrons. The highest BCUT2D eigenvalue weighted by atomic mass is 32.2. The first kappa shape index (κ1) is 25.5. The van der Waals surface area contributed by atoms with Crippen molar-refractivity contribution in [2.45, 2.75) is 81.0 Å². The number of likely N-dealkylation sites (tertiary alicyclic amines) is 1. The fourth-order valence-electron chi connectivity index (χ4n) is 4.40. The van der Waals surface area contributed by atoms with E-state index in [9.17, 15) is 21.6 Å². The van der Waals surface area contributed by atoms with Crippen molar-refractivity contribution in [2.24, 2.45) is 0 Å². The van der Waals surface area contributed by atoms with Gasteiger partial charge in [-0.1, -0.05) is 12.8 Å². The second kappa shape index (κ2) is 11.3. The third kappa shape index (κ3) is 6.92. The summed E-state index contributed by atoms with van der Waals surface area (Å²) in [5.41, 5.74) is -0.854. The first-order valence-corrected chi connectivity index (χ1v) is 13.1. The molecule has 1 aromatic rings. The van der Waals surface area contributed by atoms with Crippen LogP contribution in [0.5, 0.6) is 0 Å². The summed E-state index contributed by atoms with van der Waals surface area (Å²) >= 11 is 0. The molecular weight excluding hydrogens is 441 g/mol. The van der Waals surface area contributed by atoms with Gasteiger partial charge in [-0.3, -0.25) is 0 Å². The maximum atomic E-state index is 12.8. The Bertz CT molecular complexity index is 803. The number of hydrogen-bond donors (Lipinski definition) is 0. The zero-order valence-electron chi connectivity index (χ0n) is 18.8. The number of alkyl halides is 3. The first-order chi connectivity index (χ1) is 15.2. The van der Waals surface area contributed by atoms with Crippen LogP contribution in [0.15, 0.2) is 29.2 Å². The summed E-state index contributed by atoms with van der Waals surface area (Å²) < 4.78 is 71.2. The lowest BCUT2D eigenvalue weighted by molar-refractivity contribution is -0.137. The second-order valence-electron chi connectivity index (χ2n) is 8.95. The number of benzene rings is 1. The van der Waals surface area contributed by atoms with E-state index < -0.39 is 21.8 Å². The Hall–Kier alpha value is -1.16. The smallest absolute Gasteiger partial charge is 0.378 e. The van der Waals surface area contributed by atoms with Crippen LogP contribution in [0.3, 0.4) is 0 Å². The molecule has 9 heteroatoms. The normalized spacial score (nSPS) is 22.8. The number of hydrogen-bond acceptors (Lipinski definition) is 4. The SMILES string of the molecule is CN([C@H]1CC[C@H](OCCCCCCN2CCC2)CC1)S(=O)(=O)c1ccc(C(F)(F)F)cc1. The Morgan fingerprint density at radius 2 is 1.62 bits per heavy atom. The van der Waals surface area contributed by atoms with Crippen molar-refractivity contribution in [3.8, 4) is 0 Å². The second-order valence-corrected chi connectivity index (χ2v) is 11.0. The molecule has 1 saturated heterocycles. The van der Waals surface area contributed by atoms with E-state index in [1.807, 2.05) is 0 Å². The summed E-state index contributed by atoms with van der Waals surface area (Å²) in [5.74, 6) is 0. The molecule has 2 aliphatic rings. The molecular formula is C23H35F3N2O3S. The molecule has 32 heavy (non-hydrogen) atoms. The number of unbranched alkanes of at least 4 members (excludes halogenated alkanes) is 3. The lowest BCUT2D eigenvalue weighted by Gasteiger charge is -2.34. The Labute approximate surface area is 190 Å². The van der Waals surface area contributed by atoms with Crippen LogP contribution in [0.2, 0.25) is 0 Å². The molecule has 0 aromatic heterocycles. The van der Waals surface area contributed by atoms with Crippen LogP contribution in [0.4, 0.5) is 13.2 Å². The summed E-state index contributed by atoms with van der Waals surface area (Å²) in [6, 6.07) is 3.54. The Morgan fingerprint density at radius 3 is 2.19 bits per heavy atom. The fourth-order valence-corrected chi connectivity index (χ4v) is 5.82. The summed E-state index contributed by atoms with van der Waals surface area (Å²) in [6.45, 7) is 4.48. The van der Waals surface area contributed by atoms with Crippen LogP contribution in [0.25, 0.3) is 0 Å². The van der Waals surface area contributed by atoms with E-state index in [0.717, 1.165) is 50.1 Å². The van der Waals surface area contributed by atoms with E-state index in [1.54, 1.807) is 0 Å². The van der Waals surface area contributed by atoms with E-state index >= 15 is 0 Å². The number of halogens is 3. The molecule has 0 spiro atoms. The molecule has 5 nitrogen and oxygen atoms in total. The average molecular weight is 477 g/mol. The maximum absolute atomic E-state index is 12.8. The van der Waals surface area contributed by atoms with E-state index in [-0.39, 0.29) is 17.0 Å². The molecule has 1 heterocycles. The van der Waals surface area contributed by atoms with Gasteiger partial charge in [0, 0.05) is 19.7 Å². The van der Waals surface area contributed by atoms with Crippen molar-refractivity contribution in [3.63, 3.8) is 0 Å². The molecule has 3 rings (SSSR count). The minimum Gasteiger partial charge on any atom is -0.378 e. The highest BCUT2D eigenvalue weighted by Gasteiger charge is 2.34. The quantitative estimate of drug-likeness (QED) is 0.426. The van der Waals surface area contributed by atoms with Crippen molar-refractivity contribution < 1.29 is 26.3 Å². The van der Waals surface area contributed by atoms with Crippen LogP contribution < -0.4 is 0 Å². The third-order valence-corrected chi connectivity index (χ3v) is 8.61. The molecule has 0 amide bonds. The largest absolute Gasteiger partial charge is 0.416 e. The highest BCUT2D eigenvalue weighted by Crippen LogP contribution is 2.32. The molecule has 1 aromatic carbocycles. The number of ether oxygens (including phenoxy) is 1. The van der Waals surface area contributed by atoms with Crippen molar-refractivity contribution in [1.29, 1.82) is 0 Å². The van der Waals surface area contributed by atoms with Crippen molar-refractivity contribution in [2.75, 3.05) is 33.3 Å². The molecule has 0 N–H and O–H groups in total. The van der Waals surface area contributed by atoms with Crippen LogP contribution in [-0.2, 0) is 20.9 Å². The van der Waals surface area contributed by atoms with Gasteiger partial charge < -0.3 is 9.64 Å². The van der Waals surface area contributed by atoms with Gasteiger partial charge in [-0.25, -0.2) is 8.42 Å². The molecule has 0 radical (unpaired) electrons. The molecule has 1 aliphatic heterocycles. The third-order valence-electron chi connectivity index (χ3n) is 6.69. The Morgan fingerprint density at radius 1 is 1.00 bits per heavy atom.